The first-order valence-corrected chi connectivity index (χ1v) is 5.70. The second-order valence-electron chi connectivity index (χ2n) is 2.72. The maximum Gasteiger partial charge on any atom is 0.345 e. The van der Waals surface area contributed by atoms with Gasteiger partial charge in [-0.25, -0.2) is 14.4 Å². The fourth-order valence-electron chi connectivity index (χ4n) is 0.777. The van der Waals surface area contributed by atoms with E-state index in [9.17, 15) is 14.4 Å². The van der Waals surface area contributed by atoms with Crippen LogP contribution in [0.4, 0.5) is 0 Å². The number of carboxylic acids is 2. The molecule has 2 N–H and O–H groups in total. The van der Waals surface area contributed by atoms with Crippen LogP contribution >= 0.6 is 11.8 Å². The zero-order chi connectivity index (χ0) is 12.6. The molecule has 0 heterocycles. The smallest absolute Gasteiger partial charge is 0.345 e. The highest BCUT2D eigenvalue weighted by Gasteiger charge is 2.20. The molecule has 7 heteroatoms. The van der Waals surface area contributed by atoms with Gasteiger partial charge in [0.05, 0.1) is 0 Å². The highest BCUT2D eigenvalue weighted by molar-refractivity contribution is 7.98. The van der Waals surface area contributed by atoms with E-state index >= 15 is 0 Å². The Labute approximate surface area is 96.3 Å². The molecule has 90 valence electrons. The number of carbonyl (C=O) groups excluding carboxylic acids is 1. The van der Waals surface area contributed by atoms with Crippen molar-refractivity contribution in [2.24, 2.45) is 0 Å². The molecule has 6 nitrogen and oxygen atoms in total. The SMILES string of the molecule is CSCCC(OC(=O)C=CC(=O)O)C(=O)O. The fourth-order valence-corrected chi connectivity index (χ4v) is 1.23. The van der Waals surface area contributed by atoms with Crippen LogP contribution in [0.5, 0.6) is 0 Å². The largest absolute Gasteiger partial charge is 0.479 e. The van der Waals surface area contributed by atoms with E-state index in [1.807, 2.05) is 0 Å². The van der Waals surface area contributed by atoms with Crippen LogP contribution in [0.2, 0.25) is 0 Å². The lowest BCUT2D eigenvalue weighted by atomic mass is 10.3. The topological polar surface area (TPSA) is 101 Å². The Morgan fingerprint density at radius 3 is 2.38 bits per heavy atom. The van der Waals surface area contributed by atoms with Crippen molar-refractivity contribution in [1.29, 1.82) is 0 Å². The molecule has 0 aromatic rings. The highest BCUT2D eigenvalue weighted by Crippen LogP contribution is 2.05. The summed E-state index contributed by atoms with van der Waals surface area (Å²) < 4.78 is 4.56. The lowest BCUT2D eigenvalue weighted by Crippen LogP contribution is -2.27. The lowest BCUT2D eigenvalue weighted by molar-refractivity contribution is -0.160. The van der Waals surface area contributed by atoms with E-state index in [4.69, 9.17) is 10.2 Å². The molecule has 0 spiro atoms. The number of carbonyl (C=O) groups is 3. The minimum Gasteiger partial charge on any atom is -0.479 e. The molecule has 0 rings (SSSR count). The summed E-state index contributed by atoms with van der Waals surface area (Å²) in [6.45, 7) is 0. The summed E-state index contributed by atoms with van der Waals surface area (Å²) in [6.07, 6.45) is 2.01. The minimum atomic E-state index is -1.30. The van der Waals surface area contributed by atoms with Gasteiger partial charge in [-0.15, -0.1) is 0 Å². The molecule has 0 aromatic heterocycles. The predicted molar refractivity (Wildman–Crippen MR) is 57.3 cm³/mol. The van der Waals surface area contributed by atoms with Crippen molar-refractivity contribution in [2.75, 3.05) is 12.0 Å². The normalized spacial score (nSPS) is 12.3. The Kier molecular flexibility index (Phi) is 7.02. The zero-order valence-corrected chi connectivity index (χ0v) is 9.40. The van der Waals surface area contributed by atoms with Crippen molar-refractivity contribution < 1.29 is 29.3 Å². The van der Waals surface area contributed by atoms with E-state index in [1.54, 1.807) is 6.26 Å². The van der Waals surface area contributed by atoms with Gasteiger partial charge in [-0.1, -0.05) is 0 Å². The number of rotatable bonds is 7. The van der Waals surface area contributed by atoms with E-state index in [0.29, 0.717) is 17.9 Å². The van der Waals surface area contributed by atoms with Crippen LogP contribution < -0.4 is 0 Å². The highest BCUT2D eigenvalue weighted by atomic mass is 32.2. The zero-order valence-electron chi connectivity index (χ0n) is 8.58. The second-order valence-corrected chi connectivity index (χ2v) is 3.70. The van der Waals surface area contributed by atoms with Gasteiger partial charge in [0.2, 0.25) is 0 Å². The summed E-state index contributed by atoms with van der Waals surface area (Å²) in [5.41, 5.74) is 0. The van der Waals surface area contributed by atoms with Crippen LogP contribution in [0.3, 0.4) is 0 Å². The number of thioether (sulfide) groups is 1. The molecular formula is C9H12O6S. The third kappa shape index (κ3) is 6.88. The van der Waals surface area contributed by atoms with Gasteiger partial charge in [-0.2, -0.15) is 11.8 Å². The molecule has 0 radical (unpaired) electrons. The minimum absolute atomic E-state index is 0.184. The average Bonchev–Trinajstić information content (AvgIpc) is 2.20. The van der Waals surface area contributed by atoms with Crippen LogP contribution in [-0.4, -0.2) is 46.2 Å². The molecule has 0 aliphatic carbocycles. The first-order valence-electron chi connectivity index (χ1n) is 4.30. The molecule has 0 aromatic carbocycles. The maximum atomic E-state index is 11.0. The second kappa shape index (κ2) is 7.75. The number of esters is 1. The molecule has 0 aliphatic rings. The molecule has 0 fully saturated rings. The number of hydrogen-bond donors (Lipinski definition) is 2. The molecule has 0 aliphatic heterocycles. The van der Waals surface area contributed by atoms with Gasteiger partial charge in [0.1, 0.15) is 0 Å². The Morgan fingerprint density at radius 2 is 1.94 bits per heavy atom. The van der Waals surface area contributed by atoms with Crippen LogP contribution in [0, 0.1) is 0 Å². The van der Waals surface area contributed by atoms with Crippen LogP contribution in [-0.2, 0) is 19.1 Å². The molecule has 1 unspecified atom stereocenters. The van der Waals surface area contributed by atoms with Crippen molar-refractivity contribution in [3.8, 4) is 0 Å². The molecule has 0 bridgehead atoms. The van der Waals surface area contributed by atoms with E-state index in [-0.39, 0.29) is 6.42 Å². The maximum absolute atomic E-state index is 11.0. The van der Waals surface area contributed by atoms with Crippen LogP contribution in [0.1, 0.15) is 6.42 Å². The summed E-state index contributed by atoms with van der Waals surface area (Å²) in [6, 6.07) is 0. The Bertz CT molecular complexity index is 298. The van der Waals surface area contributed by atoms with E-state index in [0.717, 1.165) is 0 Å². The molecular weight excluding hydrogens is 236 g/mol. The molecule has 0 saturated carbocycles. The Morgan fingerprint density at radius 1 is 1.31 bits per heavy atom. The molecule has 0 saturated heterocycles. The van der Waals surface area contributed by atoms with E-state index in [1.165, 1.54) is 11.8 Å². The average molecular weight is 248 g/mol. The number of ether oxygens (including phenoxy) is 1. The van der Waals surface area contributed by atoms with Crippen molar-refractivity contribution in [3.63, 3.8) is 0 Å². The first kappa shape index (κ1) is 14.5. The summed E-state index contributed by atoms with van der Waals surface area (Å²) >= 11 is 1.43. The van der Waals surface area contributed by atoms with Gasteiger partial charge in [0.25, 0.3) is 0 Å². The summed E-state index contributed by atoms with van der Waals surface area (Å²) in [5.74, 6) is -2.98. The van der Waals surface area contributed by atoms with Crippen LogP contribution in [0.25, 0.3) is 0 Å². The van der Waals surface area contributed by atoms with Gasteiger partial charge in [-0.05, 0) is 12.0 Å². The van der Waals surface area contributed by atoms with Crippen molar-refractivity contribution in [2.45, 2.75) is 12.5 Å². The third-order valence-electron chi connectivity index (χ3n) is 1.48. The fraction of sp³-hybridized carbons (Fsp3) is 0.444. The predicted octanol–water partition coefficient (Wildman–Crippen LogP) is 0.377. The molecule has 1 atom stereocenters. The van der Waals surface area contributed by atoms with E-state index in [2.05, 4.69) is 4.74 Å². The first-order chi connectivity index (χ1) is 7.47. The van der Waals surface area contributed by atoms with Crippen molar-refractivity contribution in [3.05, 3.63) is 12.2 Å². The van der Waals surface area contributed by atoms with Crippen LogP contribution in [0.15, 0.2) is 12.2 Å². The van der Waals surface area contributed by atoms with Gasteiger partial charge in [0.15, 0.2) is 6.10 Å². The number of hydrogen-bond acceptors (Lipinski definition) is 5. The van der Waals surface area contributed by atoms with Gasteiger partial charge < -0.3 is 14.9 Å². The van der Waals surface area contributed by atoms with Crippen molar-refractivity contribution >= 4 is 29.7 Å². The molecule has 16 heavy (non-hydrogen) atoms. The summed E-state index contributed by atoms with van der Waals surface area (Å²) in [4.78, 5) is 31.7. The van der Waals surface area contributed by atoms with Crippen molar-refractivity contribution in [1.82, 2.24) is 0 Å². The quantitative estimate of drug-likeness (QED) is 0.496. The number of carboxylic acid groups (broad SMARTS) is 2. The van der Waals surface area contributed by atoms with Gasteiger partial charge >= 0.3 is 17.9 Å². The lowest BCUT2D eigenvalue weighted by Gasteiger charge is -2.11. The van der Waals surface area contributed by atoms with E-state index < -0.39 is 24.0 Å². The monoisotopic (exact) mass is 248 g/mol. The van der Waals surface area contributed by atoms with Gasteiger partial charge in [0, 0.05) is 18.6 Å². The van der Waals surface area contributed by atoms with Gasteiger partial charge in [-0.3, -0.25) is 0 Å². The Hall–Kier alpha value is -1.50. The number of aliphatic carboxylic acids is 2. The third-order valence-corrected chi connectivity index (χ3v) is 2.12. The summed E-state index contributed by atoms with van der Waals surface area (Å²) in [7, 11) is 0. The standard InChI is InChI=1S/C9H12O6S/c1-16-5-4-6(9(13)14)15-8(12)3-2-7(10)11/h2-3,6H,4-5H2,1H3,(H,10,11)(H,13,14). The Balaban J connectivity index is 4.23. The summed E-state index contributed by atoms with van der Waals surface area (Å²) in [5, 5.41) is 16.9. The molecule has 0 amide bonds.